The van der Waals surface area contributed by atoms with Crippen LogP contribution in [0, 0.1) is 5.41 Å². The van der Waals surface area contributed by atoms with Crippen LogP contribution in [0.4, 0.5) is 0 Å². The van der Waals surface area contributed by atoms with Gasteiger partial charge in [-0.05, 0) is 32.9 Å². The van der Waals surface area contributed by atoms with Gasteiger partial charge in [-0.2, -0.15) is 0 Å². The average Bonchev–Trinajstić information content (AvgIpc) is 2.76. The second kappa shape index (κ2) is 8.57. The molecule has 1 atom stereocenters. The number of unbranched alkanes of at least 4 members (excludes halogenated alkanes) is 7. The van der Waals surface area contributed by atoms with Crippen molar-refractivity contribution in [2.24, 2.45) is 5.41 Å². The Morgan fingerprint density at radius 1 is 1.11 bits per heavy atom. The van der Waals surface area contributed by atoms with Gasteiger partial charge in [-0.25, -0.2) is 0 Å². The van der Waals surface area contributed by atoms with E-state index in [4.69, 9.17) is 0 Å². The first kappa shape index (κ1) is 16.5. The highest BCUT2D eigenvalue weighted by atomic mass is 16.4. The standard InChI is InChI=1S/C16H31NO2/c1-3-4-5-6-7-8-9-10-12-17-13-11-16(2,14-17)15(18)19/h3-14H2,1-2H3,(H,18,19). The van der Waals surface area contributed by atoms with E-state index in [-0.39, 0.29) is 0 Å². The average molecular weight is 269 g/mol. The van der Waals surface area contributed by atoms with Crippen LogP contribution >= 0.6 is 0 Å². The molecule has 0 aromatic carbocycles. The van der Waals surface area contributed by atoms with Crippen LogP contribution in [-0.4, -0.2) is 35.6 Å². The predicted octanol–water partition coefficient (Wildman–Crippen LogP) is 3.92. The Bertz CT molecular complexity index is 267. The zero-order valence-corrected chi connectivity index (χ0v) is 12.8. The largest absolute Gasteiger partial charge is 0.481 e. The number of hydrogen-bond donors (Lipinski definition) is 1. The van der Waals surface area contributed by atoms with E-state index in [1.165, 1.54) is 51.4 Å². The van der Waals surface area contributed by atoms with Crippen molar-refractivity contribution in [2.45, 2.75) is 71.6 Å². The molecule has 1 heterocycles. The van der Waals surface area contributed by atoms with Crippen molar-refractivity contribution in [2.75, 3.05) is 19.6 Å². The fraction of sp³-hybridized carbons (Fsp3) is 0.938. The lowest BCUT2D eigenvalue weighted by Gasteiger charge is -2.19. The van der Waals surface area contributed by atoms with Crippen LogP contribution in [0.5, 0.6) is 0 Å². The van der Waals surface area contributed by atoms with Gasteiger partial charge < -0.3 is 10.0 Å². The molecule has 3 heteroatoms. The fourth-order valence-corrected chi connectivity index (χ4v) is 2.89. The van der Waals surface area contributed by atoms with Crippen molar-refractivity contribution in [3.8, 4) is 0 Å². The molecular formula is C16H31NO2. The molecule has 0 aromatic heterocycles. The molecule has 1 unspecified atom stereocenters. The van der Waals surface area contributed by atoms with Gasteiger partial charge in [0, 0.05) is 6.54 Å². The minimum Gasteiger partial charge on any atom is -0.481 e. The molecule has 0 aliphatic carbocycles. The molecule has 1 saturated heterocycles. The number of carboxylic acid groups (broad SMARTS) is 1. The lowest BCUT2D eigenvalue weighted by molar-refractivity contribution is -0.147. The highest BCUT2D eigenvalue weighted by molar-refractivity contribution is 5.74. The molecule has 0 bridgehead atoms. The summed E-state index contributed by atoms with van der Waals surface area (Å²) in [6, 6.07) is 0. The van der Waals surface area contributed by atoms with Crippen molar-refractivity contribution in [1.82, 2.24) is 4.90 Å². The van der Waals surface area contributed by atoms with Crippen LogP contribution in [0.25, 0.3) is 0 Å². The van der Waals surface area contributed by atoms with E-state index >= 15 is 0 Å². The Kier molecular flexibility index (Phi) is 7.44. The van der Waals surface area contributed by atoms with E-state index in [0.717, 1.165) is 26.1 Å². The van der Waals surface area contributed by atoms with Gasteiger partial charge in [-0.1, -0.05) is 51.9 Å². The summed E-state index contributed by atoms with van der Waals surface area (Å²) in [4.78, 5) is 13.5. The van der Waals surface area contributed by atoms with Gasteiger partial charge in [0.1, 0.15) is 0 Å². The molecule has 19 heavy (non-hydrogen) atoms. The van der Waals surface area contributed by atoms with E-state index < -0.39 is 11.4 Å². The summed E-state index contributed by atoms with van der Waals surface area (Å²) in [7, 11) is 0. The monoisotopic (exact) mass is 269 g/mol. The van der Waals surface area contributed by atoms with Crippen LogP contribution in [0.2, 0.25) is 0 Å². The predicted molar refractivity (Wildman–Crippen MR) is 79.4 cm³/mol. The molecule has 1 fully saturated rings. The maximum Gasteiger partial charge on any atom is 0.310 e. The van der Waals surface area contributed by atoms with E-state index in [1.54, 1.807) is 0 Å². The summed E-state index contributed by atoms with van der Waals surface area (Å²) in [5, 5.41) is 9.18. The van der Waals surface area contributed by atoms with Crippen molar-refractivity contribution in [3.63, 3.8) is 0 Å². The zero-order chi connectivity index (χ0) is 14.1. The molecule has 1 N–H and O–H groups in total. The van der Waals surface area contributed by atoms with Crippen LogP contribution in [-0.2, 0) is 4.79 Å². The smallest absolute Gasteiger partial charge is 0.310 e. The molecule has 1 aliphatic heterocycles. The van der Waals surface area contributed by atoms with Crippen LogP contribution in [0.1, 0.15) is 71.6 Å². The maximum atomic E-state index is 11.1. The third-order valence-corrected chi connectivity index (χ3v) is 4.40. The van der Waals surface area contributed by atoms with E-state index in [2.05, 4.69) is 11.8 Å². The van der Waals surface area contributed by atoms with Crippen molar-refractivity contribution in [3.05, 3.63) is 0 Å². The number of hydrogen-bond acceptors (Lipinski definition) is 2. The van der Waals surface area contributed by atoms with Crippen molar-refractivity contribution >= 4 is 5.97 Å². The van der Waals surface area contributed by atoms with Crippen molar-refractivity contribution in [1.29, 1.82) is 0 Å². The maximum absolute atomic E-state index is 11.1. The highest BCUT2D eigenvalue weighted by Gasteiger charge is 2.39. The summed E-state index contributed by atoms with van der Waals surface area (Å²) < 4.78 is 0. The first-order valence-corrected chi connectivity index (χ1v) is 8.04. The second-order valence-corrected chi connectivity index (χ2v) is 6.37. The lowest BCUT2D eigenvalue weighted by atomic mass is 9.90. The summed E-state index contributed by atoms with van der Waals surface area (Å²) in [6.45, 7) is 6.90. The fourth-order valence-electron chi connectivity index (χ4n) is 2.89. The third-order valence-electron chi connectivity index (χ3n) is 4.40. The first-order chi connectivity index (χ1) is 9.08. The summed E-state index contributed by atoms with van der Waals surface area (Å²) in [5.41, 5.74) is -0.500. The number of rotatable bonds is 10. The molecule has 0 amide bonds. The Morgan fingerprint density at radius 3 is 2.21 bits per heavy atom. The summed E-state index contributed by atoms with van der Waals surface area (Å²) in [5.74, 6) is -0.633. The topological polar surface area (TPSA) is 40.5 Å². The zero-order valence-electron chi connectivity index (χ0n) is 12.8. The van der Waals surface area contributed by atoms with E-state index in [9.17, 15) is 9.90 Å². The third kappa shape index (κ3) is 5.94. The van der Waals surface area contributed by atoms with Crippen LogP contribution in [0.15, 0.2) is 0 Å². The number of nitrogens with zero attached hydrogens (tertiary/aromatic N) is 1. The summed E-state index contributed by atoms with van der Waals surface area (Å²) in [6.07, 6.45) is 11.5. The lowest BCUT2D eigenvalue weighted by Crippen LogP contribution is -2.32. The Labute approximate surface area is 118 Å². The Balaban J connectivity index is 1.98. The summed E-state index contributed by atoms with van der Waals surface area (Å²) >= 11 is 0. The number of aliphatic carboxylic acids is 1. The molecule has 3 nitrogen and oxygen atoms in total. The van der Waals surface area contributed by atoms with Gasteiger partial charge in [-0.3, -0.25) is 4.79 Å². The number of carboxylic acids is 1. The molecule has 1 aliphatic rings. The van der Waals surface area contributed by atoms with Gasteiger partial charge in [0.15, 0.2) is 0 Å². The molecular weight excluding hydrogens is 238 g/mol. The minimum absolute atomic E-state index is 0.500. The highest BCUT2D eigenvalue weighted by Crippen LogP contribution is 2.30. The molecule has 112 valence electrons. The second-order valence-electron chi connectivity index (χ2n) is 6.37. The van der Waals surface area contributed by atoms with Crippen molar-refractivity contribution < 1.29 is 9.90 Å². The Morgan fingerprint density at radius 2 is 1.68 bits per heavy atom. The molecule has 1 rings (SSSR count). The quantitative estimate of drug-likeness (QED) is 0.611. The minimum atomic E-state index is -0.633. The van der Waals surface area contributed by atoms with Gasteiger partial charge >= 0.3 is 5.97 Å². The number of carbonyl (C=O) groups is 1. The van der Waals surface area contributed by atoms with Gasteiger partial charge in [0.05, 0.1) is 5.41 Å². The Hall–Kier alpha value is -0.570. The molecule has 0 aromatic rings. The van der Waals surface area contributed by atoms with Crippen LogP contribution < -0.4 is 0 Å². The number of likely N-dealkylation sites (tertiary alicyclic amines) is 1. The molecule has 0 spiro atoms. The van der Waals surface area contributed by atoms with Gasteiger partial charge in [0.2, 0.25) is 0 Å². The van der Waals surface area contributed by atoms with E-state index in [1.807, 2.05) is 6.92 Å². The first-order valence-electron chi connectivity index (χ1n) is 8.04. The van der Waals surface area contributed by atoms with Gasteiger partial charge in [-0.15, -0.1) is 0 Å². The SMILES string of the molecule is CCCCCCCCCCN1CCC(C)(C(=O)O)C1. The molecule has 0 saturated carbocycles. The molecule has 0 radical (unpaired) electrons. The van der Waals surface area contributed by atoms with Crippen LogP contribution in [0.3, 0.4) is 0 Å². The van der Waals surface area contributed by atoms with Gasteiger partial charge in [0.25, 0.3) is 0 Å². The van der Waals surface area contributed by atoms with E-state index in [0.29, 0.717) is 0 Å². The normalized spacial score (nSPS) is 23.9.